The minimum Gasteiger partial charge on any atom is -0.380 e. The zero-order valence-corrected chi connectivity index (χ0v) is 9.35. The zero-order chi connectivity index (χ0) is 10.3. The van der Waals surface area contributed by atoms with Crippen LogP contribution in [-0.2, 0) is 11.3 Å². The van der Waals surface area contributed by atoms with Crippen LogP contribution in [0.25, 0.3) is 0 Å². The van der Waals surface area contributed by atoms with E-state index < -0.39 is 0 Å². The average Bonchev–Trinajstić information content (AvgIpc) is 2.06. The number of rotatable bonds is 2. The van der Waals surface area contributed by atoms with Crippen LogP contribution < -0.4 is 0 Å². The van der Waals surface area contributed by atoms with Crippen molar-refractivity contribution >= 4 is 0 Å². The second-order valence-electron chi connectivity index (χ2n) is 2.93. The largest absolute Gasteiger partial charge is 0.380 e. The molecule has 1 nitrogen and oxygen atoms in total. The summed E-state index contributed by atoms with van der Waals surface area (Å²) in [5.74, 6) is 0. The van der Waals surface area contributed by atoms with E-state index in [2.05, 4.69) is 32.0 Å². The minimum atomic E-state index is 0.711. The van der Waals surface area contributed by atoms with Gasteiger partial charge in [-0.3, -0.25) is 0 Å². The fourth-order valence-corrected chi connectivity index (χ4v) is 1.32. The molecule has 13 heavy (non-hydrogen) atoms. The molecule has 0 aromatic heterocycles. The molecule has 0 heterocycles. The van der Waals surface area contributed by atoms with E-state index in [1.54, 1.807) is 7.11 Å². The van der Waals surface area contributed by atoms with Crippen molar-refractivity contribution in [1.29, 1.82) is 0 Å². The molecule has 0 amide bonds. The molecule has 0 saturated carbocycles. The van der Waals surface area contributed by atoms with Gasteiger partial charge in [0.25, 0.3) is 0 Å². The van der Waals surface area contributed by atoms with Crippen molar-refractivity contribution in [3.63, 3.8) is 0 Å². The highest BCUT2D eigenvalue weighted by Crippen LogP contribution is 2.09. The van der Waals surface area contributed by atoms with Gasteiger partial charge in [0.2, 0.25) is 0 Å². The number of ether oxygens (including phenoxy) is 1. The second-order valence-corrected chi connectivity index (χ2v) is 2.93. The Bertz CT molecular complexity index is 221. The lowest BCUT2D eigenvalue weighted by Gasteiger charge is -2.02. The van der Waals surface area contributed by atoms with E-state index in [0.29, 0.717) is 6.61 Å². The molecule has 0 bridgehead atoms. The van der Waals surface area contributed by atoms with Crippen molar-refractivity contribution in [1.82, 2.24) is 0 Å². The smallest absolute Gasteiger partial charge is 0.0713 e. The Balaban J connectivity index is 0.000000671. The molecular weight excluding hydrogens is 160 g/mol. The van der Waals surface area contributed by atoms with Crippen LogP contribution in [0.15, 0.2) is 18.2 Å². The van der Waals surface area contributed by atoms with Crippen LogP contribution >= 0.6 is 0 Å². The van der Waals surface area contributed by atoms with Gasteiger partial charge in [0.05, 0.1) is 6.61 Å². The van der Waals surface area contributed by atoms with Crippen LogP contribution in [0.3, 0.4) is 0 Å². The summed E-state index contributed by atoms with van der Waals surface area (Å²) < 4.78 is 5.04. The zero-order valence-electron chi connectivity index (χ0n) is 9.35. The molecule has 74 valence electrons. The molecule has 0 saturated heterocycles. The first kappa shape index (κ1) is 12.2. The average molecular weight is 180 g/mol. The van der Waals surface area contributed by atoms with Crippen LogP contribution in [-0.4, -0.2) is 7.11 Å². The second kappa shape index (κ2) is 6.67. The predicted octanol–water partition coefficient (Wildman–Crippen LogP) is 3.48. The summed E-state index contributed by atoms with van der Waals surface area (Å²) in [6.07, 6.45) is 0. The summed E-state index contributed by atoms with van der Waals surface area (Å²) in [6.45, 7) is 8.92. The molecule has 0 unspecified atom stereocenters. The number of benzene rings is 1. The van der Waals surface area contributed by atoms with Gasteiger partial charge in [-0.25, -0.2) is 0 Å². The fraction of sp³-hybridized carbons (Fsp3) is 0.500. The van der Waals surface area contributed by atoms with Crippen molar-refractivity contribution < 1.29 is 4.74 Å². The Kier molecular flexibility index (Phi) is 6.25. The molecule has 0 radical (unpaired) electrons. The molecule has 0 atom stereocenters. The van der Waals surface area contributed by atoms with E-state index in [4.69, 9.17) is 4.74 Å². The van der Waals surface area contributed by atoms with Crippen molar-refractivity contribution in [3.05, 3.63) is 34.9 Å². The lowest BCUT2D eigenvalue weighted by atomic mass is 10.1. The van der Waals surface area contributed by atoms with Gasteiger partial charge in [-0.05, 0) is 19.4 Å². The minimum absolute atomic E-state index is 0.711. The summed E-state index contributed by atoms with van der Waals surface area (Å²) in [5, 5.41) is 0. The first-order valence-electron chi connectivity index (χ1n) is 4.78. The fourth-order valence-electron chi connectivity index (χ4n) is 1.32. The maximum Gasteiger partial charge on any atom is 0.0713 e. The molecule has 0 N–H and O–H groups in total. The van der Waals surface area contributed by atoms with E-state index in [9.17, 15) is 0 Å². The Hall–Kier alpha value is -0.820. The summed E-state index contributed by atoms with van der Waals surface area (Å²) in [7, 11) is 1.72. The third kappa shape index (κ3) is 4.69. The molecule has 1 aromatic carbocycles. The van der Waals surface area contributed by atoms with Crippen molar-refractivity contribution in [2.75, 3.05) is 7.11 Å². The van der Waals surface area contributed by atoms with Gasteiger partial charge in [0.1, 0.15) is 0 Å². The predicted molar refractivity (Wildman–Crippen MR) is 58.0 cm³/mol. The number of methoxy groups -OCH3 is 1. The number of aryl methyl sites for hydroxylation is 2. The Morgan fingerprint density at radius 3 is 1.85 bits per heavy atom. The first-order valence-corrected chi connectivity index (χ1v) is 4.78. The van der Waals surface area contributed by atoms with Gasteiger partial charge >= 0.3 is 0 Å². The maximum absolute atomic E-state index is 5.04. The van der Waals surface area contributed by atoms with E-state index in [1.165, 1.54) is 16.7 Å². The standard InChI is InChI=1S/C10H14O.C2H6/c1-8-4-9(2)6-10(5-8)7-11-3;1-2/h4-6H,7H2,1-3H3;1-2H3. The molecule has 0 spiro atoms. The van der Waals surface area contributed by atoms with Crippen molar-refractivity contribution in [3.8, 4) is 0 Å². The monoisotopic (exact) mass is 180 g/mol. The summed E-state index contributed by atoms with van der Waals surface area (Å²) in [5.41, 5.74) is 3.86. The van der Waals surface area contributed by atoms with Crippen LogP contribution in [0.4, 0.5) is 0 Å². The molecule has 0 fully saturated rings. The van der Waals surface area contributed by atoms with E-state index in [-0.39, 0.29) is 0 Å². The highest BCUT2D eigenvalue weighted by atomic mass is 16.5. The number of hydrogen-bond donors (Lipinski definition) is 0. The lowest BCUT2D eigenvalue weighted by molar-refractivity contribution is 0.185. The molecule has 0 aliphatic carbocycles. The normalized spacial score (nSPS) is 9.00. The SMILES string of the molecule is CC.COCc1cc(C)cc(C)c1. The third-order valence-corrected chi connectivity index (χ3v) is 1.59. The van der Waals surface area contributed by atoms with Gasteiger partial charge in [0, 0.05) is 7.11 Å². The molecule has 0 aliphatic rings. The maximum atomic E-state index is 5.04. The molecule has 1 rings (SSSR count). The lowest BCUT2D eigenvalue weighted by Crippen LogP contribution is -1.89. The quantitative estimate of drug-likeness (QED) is 0.677. The summed E-state index contributed by atoms with van der Waals surface area (Å²) in [4.78, 5) is 0. The van der Waals surface area contributed by atoms with Crippen LogP contribution in [0.1, 0.15) is 30.5 Å². The van der Waals surface area contributed by atoms with Crippen molar-refractivity contribution in [2.24, 2.45) is 0 Å². The van der Waals surface area contributed by atoms with Crippen LogP contribution in [0.5, 0.6) is 0 Å². The molecule has 1 aromatic rings. The third-order valence-electron chi connectivity index (χ3n) is 1.59. The Morgan fingerprint density at radius 2 is 1.46 bits per heavy atom. The van der Waals surface area contributed by atoms with E-state index in [1.807, 2.05) is 13.8 Å². The highest BCUT2D eigenvalue weighted by molar-refractivity contribution is 5.27. The van der Waals surface area contributed by atoms with Gasteiger partial charge in [-0.15, -0.1) is 0 Å². The molecule has 1 heteroatoms. The van der Waals surface area contributed by atoms with Crippen LogP contribution in [0, 0.1) is 13.8 Å². The molecular formula is C12H20O. The van der Waals surface area contributed by atoms with E-state index in [0.717, 1.165) is 0 Å². The highest BCUT2D eigenvalue weighted by Gasteiger charge is 1.93. The van der Waals surface area contributed by atoms with Crippen molar-refractivity contribution in [2.45, 2.75) is 34.3 Å². The summed E-state index contributed by atoms with van der Waals surface area (Å²) in [6, 6.07) is 6.46. The van der Waals surface area contributed by atoms with Gasteiger partial charge in [-0.1, -0.05) is 43.2 Å². The van der Waals surface area contributed by atoms with Gasteiger partial charge in [0.15, 0.2) is 0 Å². The van der Waals surface area contributed by atoms with E-state index >= 15 is 0 Å². The van der Waals surface area contributed by atoms with Gasteiger partial charge < -0.3 is 4.74 Å². The van der Waals surface area contributed by atoms with Crippen LogP contribution in [0.2, 0.25) is 0 Å². The Labute approximate surface area is 81.7 Å². The Morgan fingerprint density at radius 1 is 1.00 bits per heavy atom. The number of hydrogen-bond acceptors (Lipinski definition) is 1. The van der Waals surface area contributed by atoms with Gasteiger partial charge in [-0.2, -0.15) is 0 Å². The molecule has 0 aliphatic heterocycles. The first-order chi connectivity index (χ1) is 6.22. The summed E-state index contributed by atoms with van der Waals surface area (Å²) >= 11 is 0. The topological polar surface area (TPSA) is 9.23 Å².